The minimum Gasteiger partial charge on any atom is -0.508 e. The monoisotopic (exact) mass is 546 g/mol. The zero-order valence-corrected chi connectivity index (χ0v) is 23.4. The molecule has 0 radical (unpaired) electrons. The number of carbonyl (C=O) groups is 2. The molecule has 2 N–H and O–H groups in total. The molecule has 0 aliphatic heterocycles. The number of Topliss-reactive ketones (excluding diaryl/α,β-unsaturated/α-hetero) is 2. The van der Waals surface area contributed by atoms with E-state index in [4.69, 9.17) is 0 Å². The van der Waals surface area contributed by atoms with Crippen molar-refractivity contribution in [3.8, 4) is 11.5 Å². The topological polar surface area (TPSA) is 109 Å². The molecule has 4 aromatic carbocycles. The normalized spacial score (nSPS) is 10.4. The maximum atomic E-state index is 13.3. The van der Waals surface area contributed by atoms with Crippen LogP contribution in [0.2, 0.25) is 0 Å². The molecule has 0 amide bonds. The Morgan fingerprint density at radius 2 is 0.897 bits per heavy atom. The van der Waals surface area contributed by atoms with Crippen LogP contribution < -0.4 is 0 Å². The van der Waals surface area contributed by atoms with Crippen LogP contribution in [0.15, 0.2) is 107 Å². The van der Waals surface area contributed by atoms with Gasteiger partial charge in [0.25, 0.3) is 0 Å². The second kappa shape index (κ2) is 14.6. The van der Waals surface area contributed by atoms with E-state index in [0.717, 1.165) is 0 Å². The van der Waals surface area contributed by atoms with Gasteiger partial charge >= 0.3 is 0 Å². The van der Waals surface area contributed by atoms with Crippen molar-refractivity contribution < 1.29 is 28.2 Å². The third kappa shape index (κ3) is 7.88. The maximum absolute atomic E-state index is 13.3. The first kappa shape index (κ1) is 31.0. The molecule has 0 aliphatic rings. The molecule has 0 unspecified atom stereocenters. The van der Waals surface area contributed by atoms with Crippen molar-refractivity contribution in [3.63, 3.8) is 0 Å². The van der Waals surface area contributed by atoms with Crippen LogP contribution in [0.4, 0.5) is 0 Å². The summed E-state index contributed by atoms with van der Waals surface area (Å²) >= 11 is 0. The van der Waals surface area contributed by atoms with Gasteiger partial charge in [-0.25, -0.2) is 8.42 Å². The molecule has 0 atom stereocenters. The number of rotatable bonds is 8. The largest absolute Gasteiger partial charge is 0.508 e. The van der Waals surface area contributed by atoms with E-state index < -0.39 is 9.84 Å². The van der Waals surface area contributed by atoms with Gasteiger partial charge < -0.3 is 10.2 Å². The summed E-state index contributed by atoms with van der Waals surface area (Å²) in [4.78, 5) is 24.9. The number of phenols is 2. The van der Waals surface area contributed by atoms with Gasteiger partial charge in [-0.15, -0.1) is 0 Å². The highest BCUT2D eigenvalue weighted by atomic mass is 32.2. The van der Waals surface area contributed by atoms with Crippen molar-refractivity contribution in [2.75, 3.05) is 0 Å². The van der Waals surface area contributed by atoms with Gasteiger partial charge in [0.2, 0.25) is 9.84 Å². The number of hydrogen-bond donors (Lipinski definition) is 2. The van der Waals surface area contributed by atoms with E-state index in [9.17, 15) is 28.2 Å². The fourth-order valence-electron chi connectivity index (χ4n) is 3.68. The molecule has 0 saturated carbocycles. The van der Waals surface area contributed by atoms with Crippen molar-refractivity contribution in [1.29, 1.82) is 0 Å². The first-order valence-electron chi connectivity index (χ1n) is 12.8. The third-order valence-electron chi connectivity index (χ3n) is 5.62. The lowest BCUT2D eigenvalue weighted by Gasteiger charge is -2.11. The quantitative estimate of drug-likeness (QED) is 0.234. The Kier molecular flexibility index (Phi) is 11.6. The molecular weight excluding hydrogens is 512 g/mol. The average Bonchev–Trinajstić information content (AvgIpc) is 2.98. The molecule has 0 aliphatic carbocycles. The Morgan fingerprint density at radius 1 is 0.564 bits per heavy atom. The Hall–Kier alpha value is -4.23. The van der Waals surface area contributed by atoms with E-state index in [2.05, 4.69) is 0 Å². The van der Waals surface area contributed by atoms with Crippen molar-refractivity contribution >= 4 is 21.4 Å². The van der Waals surface area contributed by atoms with E-state index in [1.54, 1.807) is 60.7 Å². The minimum atomic E-state index is -4.06. The summed E-state index contributed by atoms with van der Waals surface area (Å²) in [5.41, 5.74) is 1.26. The van der Waals surface area contributed by atoms with Gasteiger partial charge in [0.1, 0.15) is 11.5 Å². The molecule has 39 heavy (non-hydrogen) atoms. The number of phenolic OH excluding ortho intramolecular Hbond substituents is 2. The molecule has 0 fully saturated rings. The van der Waals surface area contributed by atoms with Gasteiger partial charge in [0.05, 0.1) is 9.79 Å². The van der Waals surface area contributed by atoms with Crippen molar-refractivity contribution in [2.45, 2.75) is 50.3 Å². The first-order chi connectivity index (χ1) is 18.8. The lowest BCUT2D eigenvalue weighted by atomic mass is 10.0. The highest BCUT2D eigenvalue weighted by Crippen LogP contribution is 2.30. The summed E-state index contributed by atoms with van der Waals surface area (Å²) in [5, 5.41) is 20.5. The highest BCUT2D eigenvalue weighted by molar-refractivity contribution is 7.91. The van der Waals surface area contributed by atoms with Crippen molar-refractivity contribution in [2.24, 2.45) is 0 Å². The highest BCUT2D eigenvalue weighted by Gasteiger charge is 2.22. The van der Waals surface area contributed by atoms with Crippen LogP contribution in [0.25, 0.3) is 0 Å². The standard InChI is InChI=1S/C28H22O6S.2C2H6/c29-25-13-11-23(15-21(25)17-27(31)19-7-3-1-4-8-19)35(33,34)24-12-14-26(30)22(16-24)18-28(32)20-9-5-2-6-10-20;2*1-2/h1-16,29-30H,17-18H2;2*1-2H3. The summed E-state index contributed by atoms with van der Waals surface area (Å²) in [5.74, 6) is -0.898. The van der Waals surface area contributed by atoms with E-state index in [-0.39, 0.29) is 56.8 Å². The van der Waals surface area contributed by atoms with Crippen molar-refractivity contribution in [1.82, 2.24) is 0 Å². The first-order valence-corrected chi connectivity index (χ1v) is 14.3. The summed E-state index contributed by atoms with van der Waals surface area (Å²) in [6.07, 6.45) is -0.350. The molecule has 0 heterocycles. The van der Waals surface area contributed by atoms with Crippen LogP contribution in [0.5, 0.6) is 11.5 Å². The second-order valence-corrected chi connectivity index (χ2v) is 9.97. The zero-order chi connectivity index (χ0) is 29.0. The van der Waals surface area contributed by atoms with E-state index in [1.807, 2.05) is 27.7 Å². The predicted octanol–water partition coefficient (Wildman–Crippen LogP) is 6.83. The lowest BCUT2D eigenvalue weighted by Crippen LogP contribution is -2.08. The Balaban J connectivity index is 0.00000127. The number of ketones is 2. The molecule has 6 nitrogen and oxygen atoms in total. The summed E-state index contributed by atoms with van der Waals surface area (Å²) in [6, 6.07) is 24.6. The molecule has 0 aromatic heterocycles. The van der Waals surface area contributed by atoms with Gasteiger partial charge in [-0.3, -0.25) is 9.59 Å². The van der Waals surface area contributed by atoms with Crippen LogP contribution in [-0.2, 0) is 22.7 Å². The summed E-state index contributed by atoms with van der Waals surface area (Å²) in [6.45, 7) is 8.00. The van der Waals surface area contributed by atoms with Crippen LogP contribution in [0.3, 0.4) is 0 Å². The lowest BCUT2D eigenvalue weighted by molar-refractivity contribution is 0.0984. The number of carbonyl (C=O) groups excluding carboxylic acids is 2. The van der Waals surface area contributed by atoms with Gasteiger partial charge in [0.15, 0.2) is 11.6 Å². The molecule has 0 saturated heterocycles. The Morgan fingerprint density at radius 3 is 1.23 bits per heavy atom. The van der Waals surface area contributed by atoms with Crippen LogP contribution in [0, 0.1) is 0 Å². The Bertz CT molecular complexity index is 1390. The third-order valence-corrected chi connectivity index (χ3v) is 7.37. The number of hydrogen-bond acceptors (Lipinski definition) is 6. The molecule has 204 valence electrons. The van der Waals surface area contributed by atoms with Crippen LogP contribution >= 0.6 is 0 Å². The average molecular weight is 547 g/mol. The fourth-order valence-corrected chi connectivity index (χ4v) is 5.04. The smallest absolute Gasteiger partial charge is 0.206 e. The minimum absolute atomic E-state index is 0.114. The zero-order valence-electron chi connectivity index (χ0n) is 22.6. The number of aromatic hydroxyl groups is 2. The molecular formula is C32H34O6S. The van der Waals surface area contributed by atoms with E-state index in [0.29, 0.717) is 11.1 Å². The van der Waals surface area contributed by atoms with Gasteiger partial charge in [-0.05, 0) is 36.4 Å². The van der Waals surface area contributed by atoms with Gasteiger partial charge in [-0.1, -0.05) is 88.4 Å². The number of benzene rings is 4. The SMILES string of the molecule is CC.CC.O=C(Cc1cc(S(=O)(=O)c2ccc(O)c(CC(=O)c3ccccc3)c2)ccc1O)c1ccccc1. The van der Waals surface area contributed by atoms with Gasteiger partial charge in [0, 0.05) is 35.1 Å². The van der Waals surface area contributed by atoms with Gasteiger partial charge in [-0.2, -0.15) is 0 Å². The summed E-state index contributed by atoms with van der Waals surface area (Å²) < 4.78 is 26.7. The van der Waals surface area contributed by atoms with Crippen LogP contribution in [-0.4, -0.2) is 30.2 Å². The molecule has 4 aromatic rings. The Labute approximate surface area is 230 Å². The van der Waals surface area contributed by atoms with E-state index >= 15 is 0 Å². The second-order valence-electron chi connectivity index (χ2n) is 8.02. The molecule has 0 bridgehead atoms. The predicted molar refractivity (Wildman–Crippen MR) is 153 cm³/mol. The molecule has 7 heteroatoms. The van der Waals surface area contributed by atoms with Crippen molar-refractivity contribution in [3.05, 3.63) is 119 Å². The fraction of sp³-hybridized carbons (Fsp3) is 0.188. The molecule has 4 rings (SSSR count). The number of sulfone groups is 1. The van der Waals surface area contributed by atoms with E-state index in [1.165, 1.54) is 36.4 Å². The summed E-state index contributed by atoms with van der Waals surface area (Å²) in [7, 11) is -4.06. The maximum Gasteiger partial charge on any atom is 0.206 e. The van der Waals surface area contributed by atoms with Crippen LogP contribution in [0.1, 0.15) is 59.5 Å². The molecule has 0 spiro atoms.